The molecule has 0 aliphatic rings. The van der Waals surface area contributed by atoms with E-state index in [-0.39, 0.29) is 5.57 Å². The molecule has 0 amide bonds. The molecular weight excluding hydrogens is 148 g/mol. The first kappa shape index (κ1) is 9.55. The Labute approximate surface area is 63.8 Å². The van der Waals surface area contributed by atoms with Gasteiger partial charge in [-0.1, -0.05) is 6.58 Å². The number of hydrogen-bond donors (Lipinski definition) is 0. The van der Waals surface area contributed by atoms with Crippen LogP contribution < -0.4 is 0 Å². The Kier molecular flexibility index (Phi) is 3.80. The molecule has 0 spiro atoms. The predicted octanol–water partition coefficient (Wildman–Crippen LogP) is 0.221. The van der Waals surface area contributed by atoms with Gasteiger partial charge in [0.05, 0.1) is 0 Å². The standard InChI is InChI=1S/C7H8O4/c1-5(2)7(10)11-6(9)3-4-8/h4H,1,3H2,2H3. The molecular formula is C7H8O4. The van der Waals surface area contributed by atoms with Crippen molar-refractivity contribution in [2.24, 2.45) is 0 Å². The molecule has 0 radical (unpaired) electrons. The van der Waals surface area contributed by atoms with Crippen LogP contribution in [0, 0.1) is 0 Å². The minimum atomic E-state index is -0.854. The molecule has 0 aromatic carbocycles. The van der Waals surface area contributed by atoms with Gasteiger partial charge in [-0.2, -0.15) is 0 Å². The van der Waals surface area contributed by atoms with Gasteiger partial charge in [0.1, 0.15) is 12.7 Å². The Bertz CT molecular complexity index is 204. The first-order valence-electron chi connectivity index (χ1n) is 2.92. The first-order chi connectivity index (χ1) is 5.07. The first-order valence-corrected chi connectivity index (χ1v) is 2.92. The molecule has 0 aliphatic carbocycles. The number of ether oxygens (including phenoxy) is 1. The average Bonchev–Trinajstić information content (AvgIpc) is 1.87. The van der Waals surface area contributed by atoms with Crippen molar-refractivity contribution in [1.82, 2.24) is 0 Å². The van der Waals surface area contributed by atoms with Crippen LogP contribution in [0.15, 0.2) is 12.2 Å². The quantitative estimate of drug-likeness (QED) is 0.254. The maximum absolute atomic E-state index is 10.6. The van der Waals surface area contributed by atoms with E-state index in [2.05, 4.69) is 11.3 Å². The van der Waals surface area contributed by atoms with Crippen LogP contribution in [0.1, 0.15) is 13.3 Å². The van der Waals surface area contributed by atoms with Crippen molar-refractivity contribution in [1.29, 1.82) is 0 Å². The smallest absolute Gasteiger partial charge is 0.340 e. The molecule has 4 heteroatoms. The van der Waals surface area contributed by atoms with Crippen LogP contribution in [0.3, 0.4) is 0 Å². The highest BCUT2D eigenvalue weighted by Crippen LogP contribution is 1.93. The molecule has 0 rings (SSSR count). The van der Waals surface area contributed by atoms with Gasteiger partial charge < -0.3 is 9.53 Å². The molecule has 0 atom stereocenters. The van der Waals surface area contributed by atoms with Crippen LogP contribution in [0.25, 0.3) is 0 Å². The summed E-state index contributed by atoms with van der Waals surface area (Å²) in [5.74, 6) is -1.65. The molecule has 0 aliphatic heterocycles. The fourth-order valence-corrected chi connectivity index (χ4v) is 0.300. The van der Waals surface area contributed by atoms with Gasteiger partial charge in [0.2, 0.25) is 0 Å². The molecule has 11 heavy (non-hydrogen) atoms. The maximum Gasteiger partial charge on any atom is 0.340 e. The van der Waals surface area contributed by atoms with Crippen molar-refractivity contribution in [3.05, 3.63) is 12.2 Å². The third kappa shape index (κ3) is 4.02. The third-order valence-corrected chi connectivity index (χ3v) is 0.805. The molecule has 60 valence electrons. The number of aldehydes is 1. The second-order valence-electron chi connectivity index (χ2n) is 1.91. The van der Waals surface area contributed by atoms with Crippen LogP contribution >= 0.6 is 0 Å². The summed E-state index contributed by atoms with van der Waals surface area (Å²) >= 11 is 0. The van der Waals surface area contributed by atoms with Gasteiger partial charge in [-0.25, -0.2) is 4.79 Å². The minimum Gasteiger partial charge on any atom is -0.389 e. The third-order valence-electron chi connectivity index (χ3n) is 0.805. The molecule has 0 saturated heterocycles. The van der Waals surface area contributed by atoms with E-state index < -0.39 is 18.4 Å². The van der Waals surface area contributed by atoms with Crippen molar-refractivity contribution in [3.63, 3.8) is 0 Å². The van der Waals surface area contributed by atoms with E-state index in [1.807, 2.05) is 0 Å². The highest BCUT2D eigenvalue weighted by molar-refractivity contribution is 5.98. The maximum atomic E-state index is 10.6. The largest absolute Gasteiger partial charge is 0.389 e. The van der Waals surface area contributed by atoms with Crippen LogP contribution in [-0.2, 0) is 19.1 Å². The van der Waals surface area contributed by atoms with Gasteiger partial charge >= 0.3 is 11.9 Å². The number of carbonyl (C=O) groups is 3. The lowest BCUT2D eigenvalue weighted by Gasteiger charge is -1.97. The van der Waals surface area contributed by atoms with Crippen LogP contribution in [0.5, 0.6) is 0 Å². The fourth-order valence-electron chi connectivity index (χ4n) is 0.300. The molecule has 0 heterocycles. The van der Waals surface area contributed by atoms with E-state index in [0.717, 1.165) is 0 Å². The van der Waals surface area contributed by atoms with E-state index in [9.17, 15) is 14.4 Å². The summed E-state index contributed by atoms with van der Waals surface area (Å²) in [6.45, 7) is 4.67. The van der Waals surface area contributed by atoms with E-state index in [0.29, 0.717) is 6.29 Å². The molecule has 0 bridgehead atoms. The van der Waals surface area contributed by atoms with Crippen LogP contribution in [-0.4, -0.2) is 18.2 Å². The Hall–Kier alpha value is -1.45. The van der Waals surface area contributed by atoms with E-state index in [1.165, 1.54) is 6.92 Å². The van der Waals surface area contributed by atoms with Gasteiger partial charge in [-0.3, -0.25) is 4.79 Å². The zero-order chi connectivity index (χ0) is 8.85. The summed E-state index contributed by atoms with van der Waals surface area (Å²) in [4.78, 5) is 30.7. The lowest BCUT2D eigenvalue weighted by Crippen LogP contribution is -2.12. The molecule has 0 aromatic heterocycles. The summed E-state index contributed by atoms with van der Waals surface area (Å²) in [7, 11) is 0. The number of rotatable bonds is 3. The van der Waals surface area contributed by atoms with Crippen molar-refractivity contribution < 1.29 is 19.1 Å². The molecule has 0 fully saturated rings. The number of esters is 2. The number of hydrogen-bond acceptors (Lipinski definition) is 4. The van der Waals surface area contributed by atoms with Gasteiger partial charge in [-0.05, 0) is 6.92 Å². The van der Waals surface area contributed by atoms with Crippen molar-refractivity contribution in [2.75, 3.05) is 0 Å². The zero-order valence-corrected chi connectivity index (χ0v) is 6.12. The van der Waals surface area contributed by atoms with Crippen molar-refractivity contribution >= 4 is 18.2 Å². The Morgan fingerprint density at radius 1 is 1.55 bits per heavy atom. The monoisotopic (exact) mass is 156 g/mol. The predicted molar refractivity (Wildman–Crippen MR) is 36.6 cm³/mol. The highest BCUT2D eigenvalue weighted by atomic mass is 16.6. The van der Waals surface area contributed by atoms with Crippen LogP contribution in [0.2, 0.25) is 0 Å². The highest BCUT2D eigenvalue weighted by Gasteiger charge is 2.09. The average molecular weight is 156 g/mol. The van der Waals surface area contributed by atoms with Gasteiger partial charge in [0, 0.05) is 5.57 Å². The summed E-state index contributed by atoms with van der Waals surface area (Å²) < 4.78 is 4.14. The fraction of sp³-hybridized carbons (Fsp3) is 0.286. The minimum absolute atomic E-state index is 0.129. The van der Waals surface area contributed by atoms with Gasteiger partial charge in [0.15, 0.2) is 0 Å². The normalized spacial score (nSPS) is 8.45. The second-order valence-corrected chi connectivity index (χ2v) is 1.91. The summed E-state index contributed by atoms with van der Waals surface area (Å²) in [5.41, 5.74) is 0.129. The lowest BCUT2D eigenvalue weighted by molar-refractivity contribution is -0.156. The SMILES string of the molecule is C=C(C)C(=O)OC(=O)CC=O. The number of carbonyl (C=O) groups excluding carboxylic acids is 3. The molecule has 0 saturated carbocycles. The van der Waals surface area contributed by atoms with E-state index >= 15 is 0 Å². The Morgan fingerprint density at radius 3 is 2.45 bits per heavy atom. The summed E-state index contributed by atoms with van der Waals surface area (Å²) in [6.07, 6.45) is -0.0347. The van der Waals surface area contributed by atoms with Crippen molar-refractivity contribution in [3.8, 4) is 0 Å². The van der Waals surface area contributed by atoms with Gasteiger partial charge in [0.25, 0.3) is 0 Å². The molecule has 4 nitrogen and oxygen atoms in total. The van der Waals surface area contributed by atoms with Crippen LogP contribution in [0.4, 0.5) is 0 Å². The second kappa shape index (κ2) is 4.38. The molecule has 0 unspecified atom stereocenters. The zero-order valence-electron chi connectivity index (χ0n) is 6.12. The van der Waals surface area contributed by atoms with E-state index in [1.54, 1.807) is 0 Å². The summed E-state index contributed by atoms with van der Waals surface area (Å²) in [5, 5.41) is 0. The Morgan fingerprint density at radius 2 is 2.09 bits per heavy atom. The molecule has 0 aromatic rings. The topological polar surface area (TPSA) is 60.4 Å². The van der Waals surface area contributed by atoms with Gasteiger partial charge in [-0.15, -0.1) is 0 Å². The summed E-state index contributed by atoms with van der Waals surface area (Å²) in [6, 6.07) is 0. The Balaban J connectivity index is 3.85. The van der Waals surface area contributed by atoms with E-state index in [4.69, 9.17) is 0 Å². The lowest BCUT2D eigenvalue weighted by atomic mass is 10.4. The molecule has 0 N–H and O–H groups in total. The van der Waals surface area contributed by atoms with Crippen molar-refractivity contribution in [2.45, 2.75) is 13.3 Å².